The molecule has 0 atom stereocenters. The molecule has 0 amide bonds. The van der Waals surface area contributed by atoms with Gasteiger partial charge in [-0.3, -0.25) is 9.88 Å². The minimum absolute atomic E-state index is 0. The number of piperidine rings is 1. The molecule has 1 aliphatic heterocycles. The largest absolute Gasteiger partial charge is 0.367 e. The molecule has 0 radical (unpaired) electrons. The normalized spacial score (nSPS) is 16.0. The quantitative estimate of drug-likeness (QED) is 0.552. The summed E-state index contributed by atoms with van der Waals surface area (Å²) in [5.74, 6) is -2.48. The standard InChI is InChI=1S/C19H20F4N6.ClH/c20-16(21)12-1-2-15(25-9-12)19(22,23)10-29-7-4-13(5-8-29)28-18-14-3-6-24-17(14)26-11-27-18;/h1-3,6,9,11,13,16H,4-5,7-8,10H2,(H2,24,26,27,28);1H. The highest BCUT2D eigenvalue weighted by molar-refractivity contribution is 5.86. The molecule has 30 heavy (non-hydrogen) atoms. The van der Waals surface area contributed by atoms with Crippen LogP contribution in [0.1, 0.15) is 30.5 Å². The van der Waals surface area contributed by atoms with Crippen LogP contribution >= 0.6 is 12.4 Å². The fourth-order valence-corrected chi connectivity index (χ4v) is 3.53. The SMILES string of the molecule is Cl.FC(F)c1ccc(C(F)(F)CN2CCC(Nc3ncnc4[nH]ccc34)CC2)nc1. The molecule has 1 fully saturated rings. The number of pyridine rings is 1. The van der Waals surface area contributed by atoms with Crippen LogP contribution in [0.4, 0.5) is 23.4 Å². The average Bonchev–Trinajstić information content (AvgIpc) is 3.19. The first kappa shape index (κ1) is 22.2. The van der Waals surface area contributed by atoms with Gasteiger partial charge in [0.05, 0.1) is 11.9 Å². The van der Waals surface area contributed by atoms with Crippen molar-refractivity contribution in [3.8, 4) is 0 Å². The summed E-state index contributed by atoms with van der Waals surface area (Å²) in [6.45, 7) is 0.490. The fourth-order valence-electron chi connectivity index (χ4n) is 3.53. The Bertz CT molecular complexity index is 957. The van der Waals surface area contributed by atoms with Crippen molar-refractivity contribution >= 4 is 29.3 Å². The van der Waals surface area contributed by atoms with E-state index in [2.05, 4.69) is 25.3 Å². The third-order valence-electron chi connectivity index (χ3n) is 5.12. The number of likely N-dealkylation sites (tertiary alicyclic amines) is 1. The molecule has 4 heterocycles. The van der Waals surface area contributed by atoms with Crippen LogP contribution in [-0.2, 0) is 5.92 Å². The summed E-state index contributed by atoms with van der Waals surface area (Å²) in [7, 11) is 0. The van der Waals surface area contributed by atoms with Gasteiger partial charge in [-0.2, -0.15) is 8.78 Å². The Kier molecular flexibility index (Phi) is 6.77. The van der Waals surface area contributed by atoms with Gasteiger partial charge in [-0.1, -0.05) is 0 Å². The highest BCUT2D eigenvalue weighted by Gasteiger charge is 2.36. The van der Waals surface area contributed by atoms with Gasteiger partial charge in [-0.05, 0) is 31.0 Å². The van der Waals surface area contributed by atoms with Gasteiger partial charge in [-0.15, -0.1) is 12.4 Å². The van der Waals surface area contributed by atoms with Gasteiger partial charge in [0.1, 0.15) is 23.5 Å². The number of hydrogen-bond donors (Lipinski definition) is 2. The fraction of sp³-hybridized carbons (Fsp3) is 0.421. The summed E-state index contributed by atoms with van der Waals surface area (Å²) in [5, 5.41) is 4.26. The molecular weight excluding hydrogens is 424 g/mol. The zero-order chi connectivity index (χ0) is 20.4. The Hall–Kier alpha value is -2.46. The van der Waals surface area contributed by atoms with E-state index in [1.807, 2.05) is 6.07 Å². The number of nitrogens with zero attached hydrogens (tertiary/aromatic N) is 4. The lowest BCUT2D eigenvalue weighted by atomic mass is 10.0. The molecule has 6 nitrogen and oxygen atoms in total. The van der Waals surface area contributed by atoms with Crippen LogP contribution in [0.15, 0.2) is 36.9 Å². The Morgan fingerprint density at radius 1 is 1.13 bits per heavy atom. The molecule has 2 N–H and O–H groups in total. The van der Waals surface area contributed by atoms with E-state index in [9.17, 15) is 17.6 Å². The van der Waals surface area contributed by atoms with E-state index in [1.165, 1.54) is 6.33 Å². The molecule has 0 unspecified atom stereocenters. The van der Waals surface area contributed by atoms with E-state index in [-0.39, 0.29) is 24.0 Å². The molecule has 1 aliphatic rings. The number of aromatic amines is 1. The molecule has 0 saturated carbocycles. The van der Waals surface area contributed by atoms with E-state index >= 15 is 0 Å². The monoisotopic (exact) mass is 444 g/mol. The molecule has 0 bridgehead atoms. The smallest absolute Gasteiger partial charge is 0.302 e. The maximum Gasteiger partial charge on any atom is 0.302 e. The second-order valence-electron chi connectivity index (χ2n) is 7.14. The number of nitrogens with one attached hydrogen (secondary N) is 2. The molecule has 0 aliphatic carbocycles. The van der Waals surface area contributed by atoms with Crippen molar-refractivity contribution < 1.29 is 17.6 Å². The van der Waals surface area contributed by atoms with Crippen molar-refractivity contribution in [2.45, 2.75) is 31.2 Å². The lowest BCUT2D eigenvalue weighted by molar-refractivity contribution is -0.0458. The molecule has 3 aromatic rings. The number of rotatable bonds is 6. The Morgan fingerprint density at radius 3 is 2.57 bits per heavy atom. The Balaban J connectivity index is 0.00000256. The number of H-pyrrole nitrogens is 1. The third-order valence-corrected chi connectivity index (χ3v) is 5.12. The summed E-state index contributed by atoms with van der Waals surface area (Å²) in [5.41, 5.74) is -0.111. The van der Waals surface area contributed by atoms with Gasteiger partial charge in [-0.25, -0.2) is 18.7 Å². The highest BCUT2D eigenvalue weighted by Crippen LogP contribution is 2.30. The number of anilines is 1. The van der Waals surface area contributed by atoms with Crippen molar-refractivity contribution in [1.82, 2.24) is 24.8 Å². The van der Waals surface area contributed by atoms with E-state index in [1.54, 1.807) is 11.1 Å². The van der Waals surface area contributed by atoms with Crippen LogP contribution in [0, 0.1) is 0 Å². The first-order chi connectivity index (χ1) is 13.9. The minimum atomic E-state index is -3.20. The molecule has 0 spiro atoms. The number of alkyl halides is 4. The van der Waals surface area contributed by atoms with Crippen molar-refractivity contribution in [2.75, 3.05) is 25.0 Å². The second kappa shape index (κ2) is 9.13. The topological polar surface area (TPSA) is 69.7 Å². The van der Waals surface area contributed by atoms with Gasteiger partial charge < -0.3 is 10.3 Å². The van der Waals surface area contributed by atoms with Crippen LogP contribution in [0.5, 0.6) is 0 Å². The predicted molar refractivity (Wildman–Crippen MR) is 107 cm³/mol. The average molecular weight is 445 g/mol. The molecule has 1 saturated heterocycles. The molecule has 4 rings (SSSR count). The lowest BCUT2D eigenvalue weighted by Gasteiger charge is -2.34. The number of fused-ring (bicyclic) bond motifs is 1. The first-order valence-corrected chi connectivity index (χ1v) is 9.32. The zero-order valence-corrected chi connectivity index (χ0v) is 16.7. The molecule has 162 valence electrons. The lowest BCUT2D eigenvalue weighted by Crippen LogP contribution is -2.44. The van der Waals surface area contributed by atoms with Crippen molar-refractivity contribution in [3.63, 3.8) is 0 Å². The van der Waals surface area contributed by atoms with Crippen LogP contribution < -0.4 is 5.32 Å². The van der Waals surface area contributed by atoms with E-state index < -0.39 is 24.6 Å². The molecule has 11 heteroatoms. The van der Waals surface area contributed by atoms with Crippen molar-refractivity contribution in [2.24, 2.45) is 0 Å². The summed E-state index contributed by atoms with van der Waals surface area (Å²) in [4.78, 5) is 16.7. The van der Waals surface area contributed by atoms with Gasteiger partial charge >= 0.3 is 5.92 Å². The minimum Gasteiger partial charge on any atom is -0.367 e. The third kappa shape index (κ3) is 4.81. The van der Waals surface area contributed by atoms with Gasteiger partial charge in [0.2, 0.25) is 0 Å². The summed E-state index contributed by atoms with van der Waals surface area (Å²) < 4.78 is 54.2. The van der Waals surface area contributed by atoms with Gasteiger partial charge in [0, 0.05) is 37.1 Å². The summed E-state index contributed by atoms with van der Waals surface area (Å²) in [6, 6.07) is 3.99. The van der Waals surface area contributed by atoms with Crippen LogP contribution in [-0.4, -0.2) is 50.5 Å². The van der Waals surface area contributed by atoms with E-state index in [4.69, 9.17) is 0 Å². The van der Waals surface area contributed by atoms with Crippen molar-refractivity contribution in [3.05, 3.63) is 48.2 Å². The van der Waals surface area contributed by atoms with Gasteiger partial charge in [0.15, 0.2) is 0 Å². The summed E-state index contributed by atoms with van der Waals surface area (Å²) >= 11 is 0. The Labute approximate surface area is 176 Å². The first-order valence-electron chi connectivity index (χ1n) is 9.32. The zero-order valence-electron chi connectivity index (χ0n) is 15.9. The number of aromatic nitrogens is 4. The van der Waals surface area contributed by atoms with Crippen LogP contribution in [0.2, 0.25) is 0 Å². The Morgan fingerprint density at radius 2 is 1.90 bits per heavy atom. The van der Waals surface area contributed by atoms with Crippen LogP contribution in [0.3, 0.4) is 0 Å². The maximum absolute atomic E-state index is 14.5. The molecule has 3 aromatic heterocycles. The van der Waals surface area contributed by atoms with Crippen molar-refractivity contribution in [1.29, 1.82) is 0 Å². The molecule has 0 aromatic carbocycles. The van der Waals surface area contributed by atoms with Crippen LogP contribution in [0.25, 0.3) is 11.0 Å². The van der Waals surface area contributed by atoms with Gasteiger partial charge in [0.25, 0.3) is 6.43 Å². The number of hydrogen-bond acceptors (Lipinski definition) is 5. The molecular formula is C19H21ClF4N6. The predicted octanol–water partition coefficient (Wildman–Crippen LogP) is 4.38. The highest BCUT2D eigenvalue weighted by atomic mass is 35.5. The summed E-state index contributed by atoms with van der Waals surface area (Å²) in [6.07, 6.45) is 2.72. The maximum atomic E-state index is 14.5. The van der Waals surface area contributed by atoms with E-state index in [0.717, 1.165) is 35.2 Å². The number of halogens is 5. The second-order valence-corrected chi connectivity index (χ2v) is 7.14. The van der Waals surface area contributed by atoms with E-state index in [0.29, 0.717) is 25.9 Å².